The van der Waals surface area contributed by atoms with Gasteiger partial charge in [-0.15, -0.1) is 10.2 Å². The monoisotopic (exact) mass is 462 g/mol. The first-order valence-electron chi connectivity index (χ1n) is 8.56. The first-order chi connectivity index (χ1) is 14.0. The van der Waals surface area contributed by atoms with Gasteiger partial charge in [-0.1, -0.05) is 35.1 Å². The number of carbonyl (C=O) groups excluding carboxylic acids is 1. The number of alkyl halides is 3. The summed E-state index contributed by atoms with van der Waals surface area (Å²) in [5, 5.41) is 21.1. The number of halogens is 4. The molecule has 0 saturated heterocycles. The van der Waals surface area contributed by atoms with Gasteiger partial charge in [0, 0.05) is 26.2 Å². The van der Waals surface area contributed by atoms with Gasteiger partial charge in [-0.05, 0) is 30.7 Å². The van der Waals surface area contributed by atoms with Crippen molar-refractivity contribution in [3.05, 3.63) is 39.9 Å². The summed E-state index contributed by atoms with van der Waals surface area (Å²) in [5.74, 6) is -2.87. The van der Waals surface area contributed by atoms with Gasteiger partial charge >= 0.3 is 12.1 Å². The molecule has 0 saturated carbocycles. The maximum atomic E-state index is 12.0. The van der Waals surface area contributed by atoms with E-state index in [1.807, 2.05) is 6.07 Å². The van der Waals surface area contributed by atoms with Gasteiger partial charge in [-0.25, -0.2) is 4.79 Å². The second-order valence-electron chi connectivity index (χ2n) is 6.29. The van der Waals surface area contributed by atoms with E-state index in [0.29, 0.717) is 10.6 Å². The predicted octanol–water partition coefficient (Wildman–Crippen LogP) is 3.57. The average molecular weight is 463 g/mol. The number of hydrogen-bond acceptors (Lipinski definition) is 6. The number of nitrogens with zero attached hydrogens (tertiary/aromatic N) is 3. The summed E-state index contributed by atoms with van der Waals surface area (Å²) in [4.78, 5) is 22.4. The minimum absolute atomic E-state index is 0.112. The summed E-state index contributed by atoms with van der Waals surface area (Å²) in [6.45, 7) is 1.84. The summed E-state index contributed by atoms with van der Waals surface area (Å²) in [5.41, 5.74) is 2.60. The molecule has 0 fully saturated rings. The Bertz CT molecular complexity index is 960. The zero-order valence-electron chi connectivity index (χ0n) is 16.0. The zero-order chi connectivity index (χ0) is 22.5. The van der Waals surface area contributed by atoms with Gasteiger partial charge < -0.3 is 15.3 Å². The van der Waals surface area contributed by atoms with Crippen molar-refractivity contribution in [2.75, 3.05) is 27.2 Å². The minimum atomic E-state index is -5.08. The van der Waals surface area contributed by atoms with Crippen LogP contribution in [0.3, 0.4) is 0 Å². The smallest absolute Gasteiger partial charge is 0.475 e. The van der Waals surface area contributed by atoms with Crippen LogP contribution < -0.4 is 5.32 Å². The molecule has 7 nitrogen and oxygen atoms in total. The first-order valence-corrected chi connectivity index (χ1v) is 9.75. The summed E-state index contributed by atoms with van der Waals surface area (Å²) in [7, 11) is 3.41. The summed E-state index contributed by atoms with van der Waals surface area (Å²) in [6.07, 6.45) is -1.97. The Hall–Kier alpha value is -2.50. The van der Waals surface area contributed by atoms with E-state index in [4.69, 9.17) is 21.5 Å². The van der Waals surface area contributed by atoms with E-state index in [-0.39, 0.29) is 5.91 Å². The van der Waals surface area contributed by atoms with Crippen LogP contribution >= 0.6 is 22.9 Å². The fraction of sp³-hybridized carbons (Fsp3) is 0.333. The Kier molecular flexibility index (Phi) is 7.93. The first kappa shape index (κ1) is 23.8. The Morgan fingerprint density at radius 3 is 2.37 bits per heavy atom. The topological polar surface area (TPSA) is 95.4 Å². The lowest BCUT2D eigenvalue weighted by atomic mass is 10.1. The molecule has 0 aliphatic carbocycles. The highest BCUT2D eigenvalue weighted by molar-refractivity contribution is 7.15. The van der Waals surface area contributed by atoms with Gasteiger partial charge in [0.1, 0.15) is 10.0 Å². The van der Waals surface area contributed by atoms with E-state index in [2.05, 4.69) is 21.6 Å². The number of aromatic nitrogens is 2. The lowest BCUT2D eigenvalue weighted by Crippen LogP contribution is -2.21. The van der Waals surface area contributed by atoms with Gasteiger partial charge in [0.25, 0.3) is 5.91 Å². The lowest BCUT2D eigenvalue weighted by molar-refractivity contribution is -0.192. The van der Waals surface area contributed by atoms with E-state index >= 15 is 0 Å². The number of amides is 1. The largest absolute Gasteiger partial charge is 0.490 e. The van der Waals surface area contributed by atoms with Gasteiger partial charge in [0.05, 0.1) is 10.6 Å². The molecule has 2 aromatic rings. The van der Waals surface area contributed by atoms with Crippen LogP contribution in [0.5, 0.6) is 0 Å². The van der Waals surface area contributed by atoms with Gasteiger partial charge in [-0.3, -0.25) is 4.79 Å². The summed E-state index contributed by atoms with van der Waals surface area (Å²) >= 11 is 7.81. The second kappa shape index (κ2) is 10.0. The van der Waals surface area contributed by atoms with Crippen LogP contribution in [-0.4, -0.2) is 65.4 Å². The summed E-state index contributed by atoms with van der Waals surface area (Å²) in [6, 6.07) is 5.38. The number of aliphatic carboxylic acids is 1. The maximum Gasteiger partial charge on any atom is 0.490 e. The molecule has 2 N–H and O–H groups in total. The molecule has 1 aliphatic rings. The van der Waals surface area contributed by atoms with Crippen molar-refractivity contribution < 1.29 is 27.9 Å². The van der Waals surface area contributed by atoms with Crippen LogP contribution in [-0.2, 0) is 4.79 Å². The molecular weight excluding hydrogens is 445 g/mol. The van der Waals surface area contributed by atoms with Crippen molar-refractivity contribution >= 4 is 40.4 Å². The molecule has 0 atom stereocenters. The molecule has 0 radical (unpaired) electrons. The fourth-order valence-electron chi connectivity index (χ4n) is 2.35. The molecule has 1 aromatic carbocycles. The Morgan fingerprint density at radius 2 is 1.87 bits per heavy atom. The SMILES string of the molecule is CN(C)C(=O)c1ccc(-c2nnc(C3=CCNCC3)s2)cc1Cl.O=C(O)C(F)(F)F. The van der Waals surface area contributed by atoms with Crippen LogP contribution in [0.4, 0.5) is 13.2 Å². The van der Waals surface area contributed by atoms with Crippen LogP contribution in [0, 0.1) is 0 Å². The van der Waals surface area contributed by atoms with Crippen LogP contribution in [0.2, 0.25) is 5.02 Å². The van der Waals surface area contributed by atoms with Crippen LogP contribution in [0.25, 0.3) is 16.1 Å². The average Bonchev–Trinajstić information content (AvgIpc) is 3.18. The molecule has 0 unspecified atom stereocenters. The molecule has 1 aromatic heterocycles. The highest BCUT2D eigenvalue weighted by Gasteiger charge is 2.38. The number of nitrogens with one attached hydrogen (secondary N) is 1. The van der Waals surface area contributed by atoms with Crippen molar-refractivity contribution in [2.24, 2.45) is 0 Å². The molecule has 0 spiro atoms. The Labute approximate surface area is 179 Å². The highest BCUT2D eigenvalue weighted by atomic mass is 35.5. The normalized spacial score (nSPS) is 13.7. The minimum Gasteiger partial charge on any atom is -0.475 e. The quantitative estimate of drug-likeness (QED) is 0.724. The second-order valence-corrected chi connectivity index (χ2v) is 7.68. The predicted molar refractivity (Wildman–Crippen MR) is 108 cm³/mol. The maximum absolute atomic E-state index is 12.0. The molecular formula is C18H18ClF3N4O3S. The number of benzene rings is 1. The molecule has 12 heteroatoms. The van der Waals surface area contributed by atoms with Crippen molar-refractivity contribution in [2.45, 2.75) is 12.6 Å². The van der Waals surface area contributed by atoms with Gasteiger partial charge in [0.2, 0.25) is 0 Å². The Morgan fingerprint density at radius 1 is 1.23 bits per heavy atom. The van der Waals surface area contributed by atoms with Gasteiger partial charge in [-0.2, -0.15) is 13.2 Å². The molecule has 30 heavy (non-hydrogen) atoms. The third kappa shape index (κ3) is 6.25. The van der Waals surface area contributed by atoms with Crippen LogP contribution in [0.15, 0.2) is 24.3 Å². The zero-order valence-corrected chi connectivity index (χ0v) is 17.5. The van der Waals surface area contributed by atoms with Crippen molar-refractivity contribution in [1.29, 1.82) is 0 Å². The Balaban J connectivity index is 0.000000396. The number of hydrogen-bond donors (Lipinski definition) is 2. The number of carboxylic acids is 1. The van der Waals surface area contributed by atoms with Crippen LogP contribution in [0.1, 0.15) is 21.8 Å². The molecule has 1 amide bonds. The number of carbonyl (C=O) groups is 2. The van der Waals surface area contributed by atoms with E-state index < -0.39 is 12.1 Å². The van der Waals surface area contributed by atoms with E-state index in [0.717, 1.165) is 35.1 Å². The van der Waals surface area contributed by atoms with E-state index in [1.54, 1.807) is 37.6 Å². The van der Waals surface area contributed by atoms with Crippen molar-refractivity contribution in [3.63, 3.8) is 0 Å². The van der Waals surface area contributed by atoms with E-state index in [9.17, 15) is 18.0 Å². The number of carboxylic acid groups (broad SMARTS) is 1. The third-order valence-electron chi connectivity index (χ3n) is 3.86. The summed E-state index contributed by atoms with van der Waals surface area (Å²) < 4.78 is 31.7. The fourth-order valence-corrected chi connectivity index (χ4v) is 3.52. The molecule has 2 heterocycles. The van der Waals surface area contributed by atoms with Crippen molar-refractivity contribution in [1.82, 2.24) is 20.4 Å². The molecule has 1 aliphatic heterocycles. The number of rotatable bonds is 3. The molecule has 162 valence electrons. The highest BCUT2D eigenvalue weighted by Crippen LogP contribution is 2.31. The molecule has 0 bridgehead atoms. The standard InChI is InChI=1S/C16H17ClN4OS.C2HF3O2/c1-21(2)16(22)12-4-3-11(9-13(12)17)15-20-19-14(23-15)10-5-7-18-8-6-10;3-2(4,5)1(6)7/h3-5,9,18H,6-8H2,1-2H3;(H,6,7). The third-order valence-corrected chi connectivity index (χ3v) is 5.22. The molecule has 3 rings (SSSR count). The van der Waals surface area contributed by atoms with Gasteiger partial charge in [0.15, 0.2) is 0 Å². The van der Waals surface area contributed by atoms with Crippen molar-refractivity contribution in [3.8, 4) is 10.6 Å². The lowest BCUT2D eigenvalue weighted by Gasteiger charge is -2.12. The van der Waals surface area contributed by atoms with E-state index in [1.165, 1.54) is 10.5 Å².